The number of thiophene rings is 1. The summed E-state index contributed by atoms with van der Waals surface area (Å²) in [5.41, 5.74) is 6.00. The number of amidine groups is 1. The number of hydrogen-bond acceptors (Lipinski definition) is 2. The third-order valence-corrected chi connectivity index (χ3v) is 3.47. The third kappa shape index (κ3) is 3.63. The maximum absolute atomic E-state index is 6.04. The summed E-state index contributed by atoms with van der Waals surface area (Å²) in [4.78, 5) is 6.00. The highest BCUT2D eigenvalue weighted by molar-refractivity contribution is 7.10. The summed E-state index contributed by atoms with van der Waals surface area (Å²) >= 11 is 1.76. The van der Waals surface area contributed by atoms with E-state index < -0.39 is 0 Å². The Morgan fingerprint density at radius 2 is 2.19 bits per heavy atom. The topological polar surface area (TPSA) is 38.4 Å². The maximum Gasteiger partial charge on any atom is 0.0999 e. The van der Waals surface area contributed by atoms with E-state index in [1.54, 1.807) is 11.3 Å². The van der Waals surface area contributed by atoms with Gasteiger partial charge in [-0.25, -0.2) is 0 Å². The highest BCUT2D eigenvalue weighted by Crippen LogP contribution is 2.28. The van der Waals surface area contributed by atoms with Crippen LogP contribution in [0.25, 0.3) is 0 Å². The molecule has 1 aromatic rings. The average molecular weight is 238 g/mol. The fraction of sp³-hybridized carbons (Fsp3) is 0.615. The van der Waals surface area contributed by atoms with Gasteiger partial charge in [0.1, 0.15) is 0 Å². The zero-order chi connectivity index (χ0) is 12.2. The van der Waals surface area contributed by atoms with Gasteiger partial charge in [0, 0.05) is 10.3 Å². The van der Waals surface area contributed by atoms with Crippen LogP contribution in [-0.4, -0.2) is 5.84 Å². The van der Waals surface area contributed by atoms with Gasteiger partial charge in [0.15, 0.2) is 0 Å². The van der Waals surface area contributed by atoms with Gasteiger partial charge in [-0.05, 0) is 17.9 Å². The van der Waals surface area contributed by atoms with Gasteiger partial charge in [-0.1, -0.05) is 40.2 Å². The normalized spacial score (nSPS) is 15.1. The van der Waals surface area contributed by atoms with Gasteiger partial charge in [0.05, 0.1) is 11.9 Å². The molecule has 16 heavy (non-hydrogen) atoms. The van der Waals surface area contributed by atoms with Crippen molar-refractivity contribution in [2.75, 3.05) is 0 Å². The van der Waals surface area contributed by atoms with Gasteiger partial charge in [0.25, 0.3) is 0 Å². The minimum absolute atomic E-state index is 0.0384. The lowest BCUT2D eigenvalue weighted by Gasteiger charge is -2.20. The summed E-state index contributed by atoms with van der Waals surface area (Å²) in [6, 6.07) is 4.46. The molecule has 0 saturated carbocycles. The summed E-state index contributed by atoms with van der Waals surface area (Å²) in [7, 11) is 0. The first-order valence-electron chi connectivity index (χ1n) is 5.82. The molecule has 0 aliphatic rings. The fourth-order valence-electron chi connectivity index (χ4n) is 1.39. The zero-order valence-corrected chi connectivity index (χ0v) is 11.5. The summed E-state index contributed by atoms with van der Waals surface area (Å²) in [6.07, 6.45) is 2.20. The third-order valence-electron chi connectivity index (χ3n) is 2.50. The Kier molecular flexibility index (Phi) is 4.54. The maximum atomic E-state index is 6.04. The minimum Gasteiger partial charge on any atom is -0.387 e. The number of hydrogen-bond donors (Lipinski definition) is 1. The molecule has 0 fully saturated rings. The highest BCUT2D eigenvalue weighted by atomic mass is 32.1. The first kappa shape index (κ1) is 13.2. The number of rotatable bonds is 4. The van der Waals surface area contributed by atoms with Gasteiger partial charge in [-0.2, -0.15) is 0 Å². The van der Waals surface area contributed by atoms with Crippen LogP contribution >= 0.6 is 11.3 Å². The number of nitrogens with two attached hydrogens (primary N) is 1. The van der Waals surface area contributed by atoms with E-state index in [-0.39, 0.29) is 11.5 Å². The van der Waals surface area contributed by atoms with Crippen LogP contribution in [0.15, 0.2) is 22.5 Å². The average Bonchev–Trinajstić information content (AvgIpc) is 2.68. The lowest BCUT2D eigenvalue weighted by Crippen LogP contribution is -2.29. The van der Waals surface area contributed by atoms with Crippen LogP contribution in [-0.2, 0) is 0 Å². The predicted molar refractivity (Wildman–Crippen MR) is 73.0 cm³/mol. The van der Waals surface area contributed by atoms with E-state index in [1.807, 2.05) is 0 Å². The molecule has 1 heterocycles. The van der Waals surface area contributed by atoms with Gasteiger partial charge in [-0.3, -0.25) is 4.99 Å². The van der Waals surface area contributed by atoms with E-state index in [4.69, 9.17) is 5.73 Å². The van der Waals surface area contributed by atoms with Crippen LogP contribution in [0.3, 0.4) is 0 Å². The van der Waals surface area contributed by atoms with Crippen molar-refractivity contribution in [2.45, 2.75) is 46.6 Å². The summed E-state index contributed by atoms with van der Waals surface area (Å²) in [5.74, 6) is 0.749. The summed E-state index contributed by atoms with van der Waals surface area (Å²) in [6.45, 7) is 8.49. The fourth-order valence-corrected chi connectivity index (χ4v) is 2.19. The van der Waals surface area contributed by atoms with E-state index in [1.165, 1.54) is 4.88 Å². The van der Waals surface area contributed by atoms with Crippen LogP contribution in [0.5, 0.6) is 0 Å². The van der Waals surface area contributed by atoms with Gasteiger partial charge in [0.2, 0.25) is 0 Å². The molecule has 1 aromatic heterocycles. The Balaban J connectivity index is 2.88. The van der Waals surface area contributed by atoms with Crippen LogP contribution in [0.2, 0.25) is 0 Å². The second kappa shape index (κ2) is 5.48. The molecule has 90 valence electrons. The predicted octanol–water partition coefficient (Wildman–Crippen LogP) is 3.99. The van der Waals surface area contributed by atoms with Crippen LogP contribution < -0.4 is 5.73 Å². The van der Waals surface area contributed by atoms with E-state index in [2.05, 4.69) is 50.2 Å². The molecule has 0 aromatic carbocycles. The van der Waals surface area contributed by atoms with Gasteiger partial charge >= 0.3 is 0 Å². The Morgan fingerprint density at radius 1 is 1.50 bits per heavy atom. The largest absolute Gasteiger partial charge is 0.387 e. The molecule has 0 spiro atoms. The zero-order valence-electron chi connectivity index (χ0n) is 10.7. The smallest absolute Gasteiger partial charge is 0.0999 e. The van der Waals surface area contributed by atoms with E-state index in [0.29, 0.717) is 0 Å². The molecule has 0 aliphatic carbocycles. The standard InChI is InChI=1S/C13H22N2S/c1-5-7-10(11-8-6-9-16-11)15-12(14)13(2,3)4/h6,8-10H,5,7H2,1-4H3,(H2,14,15). The van der Waals surface area contributed by atoms with E-state index in [0.717, 1.165) is 18.7 Å². The van der Waals surface area contributed by atoms with Crippen molar-refractivity contribution < 1.29 is 0 Å². The Labute approximate surface area is 103 Å². The Hall–Kier alpha value is -0.830. The molecule has 1 unspecified atom stereocenters. The molecule has 2 nitrogen and oxygen atoms in total. The molecule has 0 radical (unpaired) electrons. The van der Waals surface area contributed by atoms with Crippen molar-refractivity contribution in [1.29, 1.82) is 0 Å². The molecule has 0 amide bonds. The molecule has 1 rings (SSSR count). The molecule has 3 heteroatoms. The summed E-state index contributed by atoms with van der Waals surface area (Å²) < 4.78 is 0. The molecule has 1 atom stereocenters. The van der Waals surface area contributed by atoms with Crippen LogP contribution in [0.4, 0.5) is 0 Å². The summed E-state index contributed by atoms with van der Waals surface area (Å²) in [5, 5.41) is 2.10. The molecule has 0 aliphatic heterocycles. The van der Waals surface area contributed by atoms with E-state index in [9.17, 15) is 0 Å². The first-order valence-corrected chi connectivity index (χ1v) is 6.70. The molecule has 0 saturated heterocycles. The highest BCUT2D eigenvalue weighted by Gasteiger charge is 2.18. The SMILES string of the molecule is CCCC(N=C(N)C(C)(C)C)c1cccs1. The lowest BCUT2D eigenvalue weighted by molar-refractivity contribution is 0.564. The number of aliphatic imine (C=N–C) groups is 1. The molecule has 2 N–H and O–H groups in total. The first-order chi connectivity index (χ1) is 7.45. The minimum atomic E-state index is -0.0384. The Morgan fingerprint density at radius 3 is 2.62 bits per heavy atom. The number of nitrogens with zero attached hydrogens (tertiary/aromatic N) is 1. The van der Waals surface area contributed by atoms with Crippen molar-refractivity contribution in [1.82, 2.24) is 0 Å². The van der Waals surface area contributed by atoms with Crippen molar-refractivity contribution in [3.05, 3.63) is 22.4 Å². The second-order valence-electron chi connectivity index (χ2n) is 5.08. The monoisotopic (exact) mass is 238 g/mol. The quantitative estimate of drug-likeness (QED) is 0.625. The van der Waals surface area contributed by atoms with Crippen molar-refractivity contribution >= 4 is 17.2 Å². The van der Waals surface area contributed by atoms with E-state index >= 15 is 0 Å². The van der Waals surface area contributed by atoms with Gasteiger partial charge < -0.3 is 5.73 Å². The second-order valence-corrected chi connectivity index (χ2v) is 6.06. The molecule has 0 bridgehead atoms. The molecular weight excluding hydrogens is 216 g/mol. The lowest BCUT2D eigenvalue weighted by atomic mass is 9.95. The van der Waals surface area contributed by atoms with Crippen molar-refractivity contribution in [3.63, 3.8) is 0 Å². The van der Waals surface area contributed by atoms with Gasteiger partial charge in [-0.15, -0.1) is 11.3 Å². The van der Waals surface area contributed by atoms with Crippen molar-refractivity contribution in [2.24, 2.45) is 16.1 Å². The molecular formula is C13H22N2S. The van der Waals surface area contributed by atoms with Crippen LogP contribution in [0.1, 0.15) is 51.5 Å². The Bertz CT molecular complexity index is 333. The van der Waals surface area contributed by atoms with Crippen molar-refractivity contribution in [3.8, 4) is 0 Å². The van der Waals surface area contributed by atoms with Crippen LogP contribution in [0, 0.1) is 5.41 Å².